The van der Waals surface area contributed by atoms with Crippen LogP contribution in [-0.2, 0) is 18.6 Å². The number of fused-ring (bicyclic) bond motifs is 2. The molecule has 1 aliphatic rings. The van der Waals surface area contributed by atoms with Crippen LogP contribution in [0.3, 0.4) is 0 Å². The molecule has 0 amide bonds. The van der Waals surface area contributed by atoms with Crippen LogP contribution in [-0.4, -0.2) is 61.0 Å². The van der Waals surface area contributed by atoms with E-state index >= 15 is 0 Å². The Labute approximate surface area is 232 Å². The van der Waals surface area contributed by atoms with Crippen LogP contribution in [0.4, 0.5) is 9.18 Å². The Balaban J connectivity index is 1.60. The fraction of sp³-hybridized carbons (Fsp3) is 0.333. The van der Waals surface area contributed by atoms with E-state index in [-0.39, 0.29) is 23.7 Å². The lowest BCUT2D eigenvalue weighted by atomic mass is 9.82. The number of ether oxygens (including phenoxy) is 2. The third-order valence-corrected chi connectivity index (χ3v) is 7.35. The van der Waals surface area contributed by atoms with Crippen LogP contribution in [0.25, 0.3) is 32.8 Å². The van der Waals surface area contributed by atoms with Crippen molar-refractivity contribution in [3.8, 4) is 17.0 Å². The molecule has 216 valence electrons. The van der Waals surface area contributed by atoms with E-state index in [1.165, 1.54) is 18.3 Å². The average molecular weight is 587 g/mol. The van der Waals surface area contributed by atoms with Gasteiger partial charge in [-0.25, -0.2) is 18.7 Å². The lowest BCUT2D eigenvalue weighted by molar-refractivity contribution is -0.148. The molecule has 12 nitrogen and oxygen atoms in total. The topological polar surface area (TPSA) is 170 Å². The van der Waals surface area contributed by atoms with E-state index in [0.717, 1.165) is 21.2 Å². The number of phosphoric acid groups is 1. The van der Waals surface area contributed by atoms with Gasteiger partial charge in [0.1, 0.15) is 18.5 Å². The first-order valence-corrected chi connectivity index (χ1v) is 14.3. The van der Waals surface area contributed by atoms with Gasteiger partial charge in [0.2, 0.25) is 5.88 Å². The van der Waals surface area contributed by atoms with Gasteiger partial charge in [-0.05, 0) is 54.0 Å². The van der Waals surface area contributed by atoms with Gasteiger partial charge in [-0.15, -0.1) is 0 Å². The molecule has 4 aromatic rings. The van der Waals surface area contributed by atoms with E-state index in [9.17, 15) is 23.7 Å². The normalized spacial score (nSPS) is 17.1. The van der Waals surface area contributed by atoms with Gasteiger partial charge >= 0.3 is 19.9 Å². The predicted molar refractivity (Wildman–Crippen MR) is 144 cm³/mol. The number of rotatable bonds is 9. The van der Waals surface area contributed by atoms with Crippen molar-refractivity contribution in [3.63, 3.8) is 0 Å². The van der Waals surface area contributed by atoms with Crippen molar-refractivity contribution in [2.45, 2.75) is 38.7 Å². The monoisotopic (exact) mass is 587 g/mol. The summed E-state index contributed by atoms with van der Waals surface area (Å²) in [6.45, 7) is 3.00. The lowest BCUT2D eigenvalue weighted by Gasteiger charge is -2.32. The predicted octanol–water partition coefficient (Wildman–Crippen LogP) is 4.85. The number of carbonyl (C=O) groups excluding carboxylic acids is 1. The van der Waals surface area contributed by atoms with Gasteiger partial charge in [0.05, 0.1) is 29.9 Å². The molecule has 0 spiro atoms. The average Bonchev–Trinajstić information content (AvgIpc) is 3.29. The molecule has 0 radical (unpaired) electrons. The van der Waals surface area contributed by atoms with Gasteiger partial charge < -0.3 is 24.4 Å². The molecule has 2 aromatic heterocycles. The minimum absolute atomic E-state index is 0.0567. The maximum atomic E-state index is 13.8. The SMILES string of the molecule is CC(C)c1nc(O[C@H]2C[C@H](C(=O)O)C2)c2cc3c(cnn3C(=O)OCCOP(=O)(O)O)cc2c1-c1ccc(F)cc1. The smallest absolute Gasteiger partial charge is 0.469 e. The zero-order chi connectivity index (χ0) is 29.5. The Morgan fingerprint density at radius 2 is 1.83 bits per heavy atom. The van der Waals surface area contributed by atoms with Crippen LogP contribution in [0.1, 0.15) is 38.3 Å². The molecule has 0 unspecified atom stereocenters. The second kappa shape index (κ2) is 11.2. The molecular formula is C27H27FN3O9P. The molecular weight excluding hydrogens is 560 g/mol. The van der Waals surface area contributed by atoms with E-state index in [0.29, 0.717) is 34.8 Å². The molecule has 0 bridgehead atoms. The maximum Gasteiger partial charge on any atom is 0.469 e. The highest BCUT2D eigenvalue weighted by atomic mass is 31.2. The lowest BCUT2D eigenvalue weighted by Crippen LogP contribution is -2.38. The number of halogens is 1. The van der Waals surface area contributed by atoms with Crippen LogP contribution < -0.4 is 4.74 Å². The Hall–Kier alpha value is -3.90. The van der Waals surface area contributed by atoms with Gasteiger partial charge in [0.15, 0.2) is 0 Å². The summed E-state index contributed by atoms with van der Waals surface area (Å²) in [5, 5.41) is 15.2. The number of hydrogen-bond donors (Lipinski definition) is 3. The highest BCUT2D eigenvalue weighted by Gasteiger charge is 2.37. The van der Waals surface area contributed by atoms with E-state index in [4.69, 9.17) is 24.2 Å². The molecule has 3 N–H and O–H groups in total. The third-order valence-electron chi connectivity index (χ3n) is 6.83. The summed E-state index contributed by atoms with van der Waals surface area (Å²) < 4.78 is 41.2. The van der Waals surface area contributed by atoms with E-state index in [2.05, 4.69) is 9.62 Å². The summed E-state index contributed by atoms with van der Waals surface area (Å²) in [6, 6.07) is 9.52. The first-order chi connectivity index (χ1) is 19.4. The Morgan fingerprint density at radius 1 is 1.12 bits per heavy atom. The van der Waals surface area contributed by atoms with Crippen molar-refractivity contribution in [3.05, 3.63) is 54.1 Å². The van der Waals surface area contributed by atoms with E-state index in [1.54, 1.807) is 18.2 Å². The Kier molecular flexibility index (Phi) is 7.80. The molecule has 41 heavy (non-hydrogen) atoms. The maximum absolute atomic E-state index is 13.8. The molecule has 1 saturated carbocycles. The van der Waals surface area contributed by atoms with Crippen molar-refractivity contribution in [2.75, 3.05) is 13.2 Å². The molecule has 1 aliphatic carbocycles. The summed E-state index contributed by atoms with van der Waals surface area (Å²) in [7, 11) is -4.71. The van der Waals surface area contributed by atoms with Gasteiger partial charge in [0, 0.05) is 16.3 Å². The summed E-state index contributed by atoms with van der Waals surface area (Å²) in [5.41, 5.74) is 2.53. The summed E-state index contributed by atoms with van der Waals surface area (Å²) >= 11 is 0. The second-order valence-electron chi connectivity index (χ2n) is 10.0. The van der Waals surface area contributed by atoms with Crippen LogP contribution in [0.2, 0.25) is 0 Å². The standard InChI is InChI=1S/C27H27FN3O9P/c1-14(2)24-23(15-3-5-18(28)6-4-15)20-11-17-13-29-31(27(34)38-7-8-39-41(35,36)37)22(17)12-21(20)25(30-24)40-19-9-16(10-19)26(32)33/h3-6,11-14,16,19H,7-10H2,1-2H3,(H,32,33)(H2,35,36,37)/t16-,19-. The molecule has 0 saturated heterocycles. The molecule has 0 atom stereocenters. The van der Waals surface area contributed by atoms with Crippen LogP contribution >= 0.6 is 7.82 Å². The first kappa shape index (κ1) is 28.6. The van der Waals surface area contributed by atoms with Crippen molar-refractivity contribution < 1.29 is 47.4 Å². The molecule has 1 fully saturated rings. The van der Waals surface area contributed by atoms with Crippen LogP contribution in [0.15, 0.2) is 42.6 Å². The number of carboxylic acids is 1. The number of aliphatic carboxylic acids is 1. The zero-order valence-corrected chi connectivity index (χ0v) is 23.0. The fourth-order valence-corrected chi connectivity index (χ4v) is 5.07. The summed E-state index contributed by atoms with van der Waals surface area (Å²) in [6.07, 6.45) is 0.875. The number of pyridine rings is 1. The van der Waals surface area contributed by atoms with E-state index in [1.807, 2.05) is 19.9 Å². The third kappa shape index (κ3) is 6.08. The van der Waals surface area contributed by atoms with Crippen molar-refractivity contribution in [1.29, 1.82) is 0 Å². The Morgan fingerprint density at radius 3 is 2.46 bits per heavy atom. The molecule has 5 rings (SSSR count). The van der Waals surface area contributed by atoms with Crippen LogP contribution in [0.5, 0.6) is 5.88 Å². The van der Waals surface area contributed by atoms with Crippen molar-refractivity contribution in [1.82, 2.24) is 14.8 Å². The van der Waals surface area contributed by atoms with Gasteiger partial charge in [-0.3, -0.25) is 9.32 Å². The molecule has 0 aliphatic heterocycles. The number of benzene rings is 2. The van der Waals surface area contributed by atoms with Crippen LogP contribution in [0, 0.1) is 11.7 Å². The summed E-state index contributed by atoms with van der Waals surface area (Å²) in [4.78, 5) is 46.5. The largest absolute Gasteiger partial charge is 0.481 e. The number of hydrogen-bond acceptors (Lipinski definition) is 8. The fourth-order valence-electron chi connectivity index (χ4n) is 4.76. The van der Waals surface area contributed by atoms with Crippen molar-refractivity contribution >= 4 is 41.6 Å². The second-order valence-corrected chi connectivity index (χ2v) is 11.3. The highest BCUT2D eigenvalue weighted by Crippen LogP contribution is 2.42. The molecule has 2 heterocycles. The van der Waals surface area contributed by atoms with Crippen molar-refractivity contribution in [2.24, 2.45) is 5.92 Å². The zero-order valence-electron chi connectivity index (χ0n) is 22.1. The summed E-state index contributed by atoms with van der Waals surface area (Å²) in [5.74, 6) is -1.55. The number of phosphoric ester groups is 1. The number of carboxylic acid groups (broad SMARTS) is 1. The number of aromatic nitrogens is 3. The minimum Gasteiger partial charge on any atom is -0.481 e. The Bertz CT molecular complexity index is 1680. The quantitative estimate of drug-likeness (QED) is 0.181. The van der Waals surface area contributed by atoms with E-state index < -0.39 is 39.0 Å². The number of nitrogens with zero attached hydrogens (tertiary/aromatic N) is 3. The van der Waals surface area contributed by atoms with Gasteiger partial charge in [-0.1, -0.05) is 26.0 Å². The van der Waals surface area contributed by atoms with Gasteiger partial charge in [0.25, 0.3) is 0 Å². The molecule has 2 aromatic carbocycles. The van der Waals surface area contributed by atoms with Gasteiger partial charge in [-0.2, -0.15) is 9.78 Å². The molecule has 14 heteroatoms. The first-order valence-electron chi connectivity index (χ1n) is 12.8. The number of carbonyl (C=O) groups is 2. The minimum atomic E-state index is -4.71. The highest BCUT2D eigenvalue weighted by molar-refractivity contribution is 7.46.